The molecule has 2 rings (SSSR count). The third-order valence-electron chi connectivity index (χ3n) is 2.65. The molecule has 2 amide bonds. The largest absolute Gasteiger partial charge is 0.300 e. The Hall–Kier alpha value is -1.62. The number of rotatable bonds is 5. The molecule has 0 aliphatic carbocycles. The summed E-state index contributed by atoms with van der Waals surface area (Å²) in [6.07, 6.45) is 1.16. The van der Waals surface area contributed by atoms with Crippen LogP contribution in [0.5, 0.6) is 0 Å². The van der Waals surface area contributed by atoms with E-state index >= 15 is 0 Å². The van der Waals surface area contributed by atoms with Crippen molar-refractivity contribution in [3.63, 3.8) is 0 Å². The molecule has 0 atom stereocenters. The summed E-state index contributed by atoms with van der Waals surface area (Å²) in [5.74, 6) is 0.190. The number of amides is 2. The number of fused-ring (bicyclic) bond motifs is 1. The molecule has 0 fully saturated rings. The third-order valence-corrected chi connectivity index (χ3v) is 3.71. The van der Waals surface area contributed by atoms with E-state index in [1.165, 1.54) is 23.2 Å². The summed E-state index contributed by atoms with van der Waals surface area (Å²) >= 11 is 1.18. The smallest absolute Gasteiger partial charge is 0.271 e. The van der Waals surface area contributed by atoms with E-state index in [1.54, 1.807) is 24.3 Å². The maximum absolute atomic E-state index is 12.0. The highest BCUT2D eigenvalue weighted by molar-refractivity contribution is 7.98. The van der Waals surface area contributed by atoms with Crippen LogP contribution in [0.25, 0.3) is 0 Å². The Balaban J connectivity index is 1.99. The van der Waals surface area contributed by atoms with Gasteiger partial charge in [-0.1, -0.05) is 12.1 Å². The van der Waals surface area contributed by atoms with Gasteiger partial charge in [0.1, 0.15) is 5.78 Å². The number of imide groups is 1. The number of nitrogens with zero attached hydrogens (tertiary/aromatic N) is 1. The van der Waals surface area contributed by atoms with Crippen molar-refractivity contribution in [3.8, 4) is 0 Å². The molecule has 0 saturated carbocycles. The highest BCUT2D eigenvalue weighted by atomic mass is 32.2. The summed E-state index contributed by atoms with van der Waals surface area (Å²) in [6, 6.07) is 6.80. The van der Waals surface area contributed by atoms with Gasteiger partial charge in [0.05, 0.1) is 11.1 Å². The number of benzene rings is 1. The lowest BCUT2D eigenvalue weighted by Gasteiger charge is -2.11. The predicted molar refractivity (Wildman–Crippen MR) is 69.3 cm³/mol. The highest BCUT2D eigenvalue weighted by Crippen LogP contribution is 2.28. The molecule has 4 nitrogen and oxygen atoms in total. The Kier molecular flexibility index (Phi) is 3.81. The van der Waals surface area contributed by atoms with Gasteiger partial charge in [-0.2, -0.15) is 0 Å². The molecule has 1 aliphatic heterocycles. The lowest BCUT2D eigenvalue weighted by molar-refractivity contribution is -0.117. The molecule has 94 valence electrons. The van der Waals surface area contributed by atoms with E-state index in [-0.39, 0.29) is 17.6 Å². The van der Waals surface area contributed by atoms with E-state index in [1.807, 2.05) is 0 Å². The molecular formula is C13H13NO3S. The molecule has 1 aliphatic rings. The van der Waals surface area contributed by atoms with Gasteiger partial charge in [-0.3, -0.25) is 9.59 Å². The van der Waals surface area contributed by atoms with Gasteiger partial charge in [0.2, 0.25) is 0 Å². The first-order valence-corrected chi connectivity index (χ1v) is 6.65. The molecule has 0 radical (unpaired) electrons. The molecule has 0 spiro atoms. The van der Waals surface area contributed by atoms with Crippen molar-refractivity contribution in [2.75, 3.05) is 5.75 Å². The predicted octanol–water partition coefficient (Wildman–Crippen LogP) is 2.30. The first-order valence-electron chi connectivity index (χ1n) is 5.71. The van der Waals surface area contributed by atoms with Gasteiger partial charge in [-0.05, 0) is 37.4 Å². The van der Waals surface area contributed by atoms with Gasteiger partial charge in [0.15, 0.2) is 0 Å². The Labute approximate surface area is 109 Å². The molecular weight excluding hydrogens is 250 g/mol. The monoisotopic (exact) mass is 263 g/mol. The van der Waals surface area contributed by atoms with Crippen LogP contribution >= 0.6 is 11.9 Å². The second-order valence-electron chi connectivity index (χ2n) is 4.09. The molecule has 0 aromatic heterocycles. The number of carbonyl (C=O) groups is 3. The fourth-order valence-corrected chi connectivity index (χ4v) is 2.65. The summed E-state index contributed by atoms with van der Waals surface area (Å²) in [7, 11) is 0. The molecule has 1 heterocycles. The number of carbonyl (C=O) groups excluding carboxylic acids is 3. The number of Topliss-reactive ketones (excluding diaryl/α,β-unsaturated/α-hetero) is 1. The van der Waals surface area contributed by atoms with Crippen molar-refractivity contribution in [2.24, 2.45) is 0 Å². The van der Waals surface area contributed by atoms with Crippen LogP contribution in [0.4, 0.5) is 0 Å². The maximum Gasteiger partial charge on any atom is 0.271 e. The number of hydrogen-bond acceptors (Lipinski definition) is 4. The summed E-state index contributed by atoms with van der Waals surface area (Å²) in [4.78, 5) is 34.7. The molecule has 5 heteroatoms. The molecule has 0 N–H and O–H groups in total. The van der Waals surface area contributed by atoms with Crippen molar-refractivity contribution < 1.29 is 14.4 Å². The van der Waals surface area contributed by atoms with E-state index in [9.17, 15) is 14.4 Å². The SMILES string of the molecule is CC(=O)CCCSN1C(=O)c2ccccc2C1=O. The van der Waals surface area contributed by atoms with Crippen molar-refractivity contribution in [1.29, 1.82) is 0 Å². The van der Waals surface area contributed by atoms with Crippen LogP contribution in [0.3, 0.4) is 0 Å². The number of hydrogen-bond donors (Lipinski definition) is 0. The minimum absolute atomic E-state index is 0.123. The summed E-state index contributed by atoms with van der Waals surface area (Å²) in [5.41, 5.74) is 0.920. The summed E-state index contributed by atoms with van der Waals surface area (Å²) in [5, 5.41) is 0. The van der Waals surface area contributed by atoms with Crippen LogP contribution in [0.1, 0.15) is 40.5 Å². The minimum atomic E-state index is -0.261. The van der Waals surface area contributed by atoms with Crippen LogP contribution in [0.15, 0.2) is 24.3 Å². The third kappa shape index (κ3) is 2.46. The fourth-order valence-electron chi connectivity index (χ4n) is 1.76. The van der Waals surface area contributed by atoms with E-state index in [0.29, 0.717) is 29.7 Å². The topological polar surface area (TPSA) is 54.5 Å². The van der Waals surface area contributed by atoms with Crippen LogP contribution in [0, 0.1) is 0 Å². The zero-order valence-corrected chi connectivity index (χ0v) is 10.8. The van der Waals surface area contributed by atoms with Gasteiger partial charge < -0.3 is 4.79 Å². The first-order chi connectivity index (χ1) is 8.61. The normalized spacial score (nSPS) is 13.9. The van der Waals surface area contributed by atoms with E-state index < -0.39 is 0 Å². The standard InChI is InChI=1S/C13H13NO3S/c1-9(15)5-4-8-18-14-12(16)10-6-2-3-7-11(10)13(14)17/h2-3,6-7H,4-5,8H2,1H3. The zero-order chi connectivity index (χ0) is 13.1. The lowest BCUT2D eigenvalue weighted by atomic mass is 10.1. The lowest BCUT2D eigenvalue weighted by Crippen LogP contribution is -2.22. The van der Waals surface area contributed by atoms with E-state index in [4.69, 9.17) is 0 Å². The minimum Gasteiger partial charge on any atom is -0.300 e. The van der Waals surface area contributed by atoms with Crippen molar-refractivity contribution in [3.05, 3.63) is 35.4 Å². The van der Waals surface area contributed by atoms with Gasteiger partial charge in [0.25, 0.3) is 11.8 Å². The van der Waals surface area contributed by atoms with Crippen LogP contribution in [-0.2, 0) is 4.79 Å². The van der Waals surface area contributed by atoms with Gasteiger partial charge in [-0.25, -0.2) is 4.31 Å². The van der Waals surface area contributed by atoms with Crippen molar-refractivity contribution in [1.82, 2.24) is 4.31 Å². The molecule has 1 aromatic rings. The molecule has 0 bridgehead atoms. The molecule has 0 saturated heterocycles. The van der Waals surface area contributed by atoms with Gasteiger partial charge >= 0.3 is 0 Å². The Morgan fingerprint density at radius 1 is 1.17 bits per heavy atom. The molecule has 18 heavy (non-hydrogen) atoms. The zero-order valence-electron chi connectivity index (χ0n) is 10.0. The van der Waals surface area contributed by atoms with Gasteiger partial charge in [0, 0.05) is 12.2 Å². The molecule has 1 aromatic carbocycles. The van der Waals surface area contributed by atoms with Crippen molar-refractivity contribution >= 4 is 29.5 Å². The van der Waals surface area contributed by atoms with Crippen molar-refractivity contribution in [2.45, 2.75) is 19.8 Å². The number of ketones is 1. The maximum atomic E-state index is 12.0. The van der Waals surface area contributed by atoms with E-state index in [0.717, 1.165) is 0 Å². The Morgan fingerprint density at radius 2 is 1.72 bits per heavy atom. The van der Waals surface area contributed by atoms with E-state index in [2.05, 4.69) is 0 Å². The quantitative estimate of drug-likeness (QED) is 0.464. The van der Waals surface area contributed by atoms with Gasteiger partial charge in [-0.15, -0.1) is 0 Å². The first kappa shape index (κ1) is 12.8. The summed E-state index contributed by atoms with van der Waals surface area (Å²) in [6.45, 7) is 1.53. The summed E-state index contributed by atoms with van der Waals surface area (Å²) < 4.78 is 1.19. The van der Waals surface area contributed by atoms with Crippen LogP contribution in [-0.4, -0.2) is 27.7 Å². The fraction of sp³-hybridized carbons (Fsp3) is 0.308. The molecule has 0 unspecified atom stereocenters. The Bertz CT molecular complexity index is 478. The van der Waals surface area contributed by atoms with Crippen LogP contribution < -0.4 is 0 Å². The highest BCUT2D eigenvalue weighted by Gasteiger charge is 2.35. The second kappa shape index (κ2) is 5.35. The second-order valence-corrected chi connectivity index (χ2v) is 5.12. The average molecular weight is 263 g/mol. The Morgan fingerprint density at radius 3 is 2.22 bits per heavy atom. The van der Waals surface area contributed by atoms with Crippen LogP contribution in [0.2, 0.25) is 0 Å². The average Bonchev–Trinajstić information content (AvgIpc) is 2.59.